The van der Waals surface area contributed by atoms with Crippen molar-refractivity contribution in [1.82, 2.24) is 4.57 Å². The number of benzene rings is 3. The zero-order valence-corrected chi connectivity index (χ0v) is 17.6. The highest BCUT2D eigenvalue weighted by atomic mass is 32.2. The van der Waals surface area contributed by atoms with Crippen molar-refractivity contribution in [3.63, 3.8) is 0 Å². The summed E-state index contributed by atoms with van der Waals surface area (Å²) in [5.41, 5.74) is 1.23. The second-order valence-electron chi connectivity index (χ2n) is 6.27. The van der Waals surface area contributed by atoms with Crippen molar-refractivity contribution in [3.05, 3.63) is 72.8 Å². The lowest BCUT2D eigenvalue weighted by Crippen LogP contribution is -1.90. The van der Waals surface area contributed by atoms with Crippen molar-refractivity contribution in [1.29, 1.82) is 0 Å². The van der Waals surface area contributed by atoms with Crippen LogP contribution in [-0.4, -0.2) is 18.8 Å². The number of methoxy groups -OCH3 is 2. The van der Waals surface area contributed by atoms with Gasteiger partial charge in [-0.25, -0.2) is 0 Å². The topological polar surface area (TPSA) is 23.4 Å². The number of para-hydroxylation sites is 1. The molecule has 0 fully saturated rings. The second-order valence-corrected chi connectivity index (χ2v) is 8.41. The molecule has 0 bridgehead atoms. The zero-order chi connectivity index (χ0) is 19.5. The summed E-state index contributed by atoms with van der Waals surface area (Å²) < 4.78 is 12.8. The predicted molar refractivity (Wildman–Crippen MR) is 117 cm³/mol. The zero-order valence-electron chi connectivity index (χ0n) is 16.0. The third kappa shape index (κ3) is 3.73. The minimum atomic E-state index is 0.870. The van der Waals surface area contributed by atoms with Crippen molar-refractivity contribution in [3.8, 4) is 11.5 Å². The molecule has 4 aromatic rings. The summed E-state index contributed by atoms with van der Waals surface area (Å²) >= 11 is 3.56. The van der Waals surface area contributed by atoms with Gasteiger partial charge < -0.3 is 14.0 Å². The first-order valence-corrected chi connectivity index (χ1v) is 10.5. The van der Waals surface area contributed by atoms with Crippen LogP contribution in [0.4, 0.5) is 0 Å². The predicted octanol–water partition coefficient (Wildman–Crippen LogP) is 6.50. The molecule has 1 aromatic heterocycles. The maximum absolute atomic E-state index is 5.29. The molecule has 0 spiro atoms. The van der Waals surface area contributed by atoms with E-state index in [9.17, 15) is 0 Å². The van der Waals surface area contributed by atoms with Gasteiger partial charge >= 0.3 is 0 Å². The molecule has 0 saturated heterocycles. The van der Waals surface area contributed by atoms with Crippen LogP contribution >= 0.6 is 23.5 Å². The molecule has 28 heavy (non-hydrogen) atoms. The Balaban J connectivity index is 1.75. The maximum Gasteiger partial charge on any atom is 0.118 e. The van der Waals surface area contributed by atoms with Gasteiger partial charge in [0.25, 0.3) is 0 Å². The van der Waals surface area contributed by atoms with Crippen LogP contribution in [0.3, 0.4) is 0 Å². The van der Waals surface area contributed by atoms with E-state index in [1.807, 2.05) is 24.3 Å². The number of rotatable bonds is 6. The molecule has 4 rings (SSSR count). The smallest absolute Gasteiger partial charge is 0.118 e. The summed E-state index contributed by atoms with van der Waals surface area (Å²) in [4.78, 5) is 3.64. The lowest BCUT2D eigenvalue weighted by molar-refractivity contribution is 0.414. The molecule has 0 radical (unpaired) electrons. The van der Waals surface area contributed by atoms with E-state index in [4.69, 9.17) is 9.47 Å². The highest BCUT2D eigenvalue weighted by Crippen LogP contribution is 2.44. The van der Waals surface area contributed by atoms with Gasteiger partial charge in [-0.2, -0.15) is 0 Å². The Hall–Kier alpha value is -2.50. The Morgan fingerprint density at radius 2 is 1.21 bits per heavy atom. The van der Waals surface area contributed by atoms with E-state index in [0.29, 0.717) is 0 Å². The molecule has 0 amide bonds. The first-order valence-electron chi connectivity index (χ1n) is 8.91. The van der Waals surface area contributed by atoms with Gasteiger partial charge in [0, 0.05) is 27.7 Å². The van der Waals surface area contributed by atoms with Crippen molar-refractivity contribution in [2.45, 2.75) is 19.7 Å². The Morgan fingerprint density at radius 1 is 0.679 bits per heavy atom. The standard InChI is InChI=1S/C23H21NO2S2/c1-24-21-7-5-4-6-20(21)22(27-18-12-8-16(25-2)9-13-18)23(24)28-19-14-10-17(26-3)11-15-19/h4-15H,1-3H3. The van der Waals surface area contributed by atoms with Crippen LogP contribution in [0, 0.1) is 0 Å². The second kappa shape index (κ2) is 8.25. The minimum absolute atomic E-state index is 0.870. The maximum atomic E-state index is 5.29. The lowest BCUT2D eigenvalue weighted by Gasteiger charge is -2.09. The van der Waals surface area contributed by atoms with Crippen LogP contribution in [0.5, 0.6) is 11.5 Å². The fourth-order valence-electron chi connectivity index (χ4n) is 3.07. The fourth-order valence-corrected chi connectivity index (χ4v) is 5.26. The van der Waals surface area contributed by atoms with Gasteiger partial charge in [0.15, 0.2) is 0 Å². The summed E-state index contributed by atoms with van der Waals surface area (Å²) in [6, 6.07) is 25.0. The van der Waals surface area contributed by atoms with Gasteiger partial charge in [-0.15, -0.1) is 0 Å². The summed E-state index contributed by atoms with van der Waals surface area (Å²) in [6.07, 6.45) is 0. The van der Waals surface area contributed by atoms with Crippen LogP contribution in [0.1, 0.15) is 0 Å². The summed E-state index contributed by atoms with van der Waals surface area (Å²) in [6.45, 7) is 0. The van der Waals surface area contributed by atoms with Crippen LogP contribution < -0.4 is 9.47 Å². The minimum Gasteiger partial charge on any atom is -0.497 e. The monoisotopic (exact) mass is 407 g/mol. The average molecular weight is 408 g/mol. The van der Waals surface area contributed by atoms with E-state index in [1.165, 1.54) is 30.6 Å². The Kier molecular flexibility index (Phi) is 5.55. The number of hydrogen-bond acceptors (Lipinski definition) is 4. The molecule has 0 N–H and O–H groups in total. The fraction of sp³-hybridized carbons (Fsp3) is 0.130. The Morgan fingerprint density at radius 3 is 1.79 bits per heavy atom. The van der Waals surface area contributed by atoms with Gasteiger partial charge in [-0.1, -0.05) is 41.7 Å². The number of hydrogen-bond donors (Lipinski definition) is 0. The number of aromatic nitrogens is 1. The van der Waals surface area contributed by atoms with E-state index < -0.39 is 0 Å². The normalized spacial score (nSPS) is 11.0. The van der Waals surface area contributed by atoms with Gasteiger partial charge in [0.2, 0.25) is 0 Å². The van der Waals surface area contributed by atoms with Crippen LogP contribution in [0.25, 0.3) is 10.9 Å². The number of nitrogens with zero attached hydrogens (tertiary/aromatic N) is 1. The molecule has 142 valence electrons. The van der Waals surface area contributed by atoms with E-state index >= 15 is 0 Å². The highest BCUT2D eigenvalue weighted by molar-refractivity contribution is 8.02. The largest absolute Gasteiger partial charge is 0.497 e. The van der Waals surface area contributed by atoms with Gasteiger partial charge in [-0.05, 0) is 54.6 Å². The molecular formula is C23H21NO2S2. The van der Waals surface area contributed by atoms with Crippen molar-refractivity contribution in [2.75, 3.05) is 14.2 Å². The molecule has 3 nitrogen and oxygen atoms in total. The Labute approximate surface area is 173 Å². The third-order valence-electron chi connectivity index (χ3n) is 4.56. The number of fused-ring (bicyclic) bond motifs is 1. The quantitative estimate of drug-likeness (QED) is 0.364. The molecule has 0 aliphatic carbocycles. The lowest BCUT2D eigenvalue weighted by atomic mass is 10.2. The molecular weight excluding hydrogens is 386 g/mol. The van der Waals surface area contributed by atoms with E-state index in [1.54, 1.807) is 37.7 Å². The first kappa shape index (κ1) is 18.8. The summed E-state index contributed by atoms with van der Waals surface area (Å²) in [5.74, 6) is 1.74. The molecule has 0 saturated carbocycles. The molecule has 1 heterocycles. The van der Waals surface area contributed by atoms with Gasteiger partial charge in [0.05, 0.1) is 24.1 Å². The Bertz CT molecular complexity index is 1090. The van der Waals surface area contributed by atoms with E-state index in [-0.39, 0.29) is 0 Å². The summed E-state index contributed by atoms with van der Waals surface area (Å²) in [7, 11) is 5.51. The molecule has 0 aliphatic heterocycles. The first-order chi connectivity index (χ1) is 13.7. The summed E-state index contributed by atoms with van der Waals surface area (Å²) in [5, 5.41) is 2.49. The number of ether oxygens (including phenoxy) is 2. The molecule has 0 atom stereocenters. The van der Waals surface area contributed by atoms with Crippen molar-refractivity contribution < 1.29 is 9.47 Å². The number of aryl methyl sites for hydroxylation is 1. The van der Waals surface area contributed by atoms with Crippen molar-refractivity contribution >= 4 is 34.4 Å². The van der Waals surface area contributed by atoms with E-state index in [0.717, 1.165) is 11.5 Å². The molecule has 3 aromatic carbocycles. The van der Waals surface area contributed by atoms with E-state index in [2.05, 4.69) is 60.1 Å². The van der Waals surface area contributed by atoms with Crippen LogP contribution in [-0.2, 0) is 7.05 Å². The highest BCUT2D eigenvalue weighted by Gasteiger charge is 2.17. The van der Waals surface area contributed by atoms with Crippen molar-refractivity contribution in [2.24, 2.45) is 7.05 Å². The SMILES string of the molecule is COc1ccc(Sc2c(Sc3ccc(OC)cc3)n(C)c3ccccc23)cc1. The average Bonchev–Trinajstić information content (AvgIpc) is 3.01. The van der Waals surface area contributed by atoms with Crippen LogP contribution in [0.2, 0.25) is 0 Å². The third-order valence-corrected chi connectivity index (χ3v) is 7.00. The molecule has 0 aliphatic rings. The van der Waals surface area contributed by atoms with Gasteiger partial charge in [0.1, 0.15) is 11.5 Å². The van der Waals surface area contributed by atoms with Gasteiger partial charge in [-0.3, -0.25) is 0 Å². The van der Waals surface area contributed by atoms with Crippen LogP contribution in [0.15, 0.2) is 92.5 Å². The molecule has 5 heteroatoms. The molecule has 0 unspecified atom stereocenters.